The molecule has 3 rings (SSSR count). The molecule has 0 saturated carbocycles. The number of benzene rings is 3. The maximum Gasteiger partial charge on any atom is 0.191 e. The van der Waals surface area contributed by atoms with Gasteiger partial charge in [0.05, 0.1) is 5.69 Å². The Balaban J connectivity index is 2.04. The number of nitrogens with two attached hydrogens (primary N) is 2. The first kappa shape index (κ1) is 15.3. The minimum atomic E-state index is -0.590. The molecule has 0 heterocycles. The van der Waals surface area contributed by atoms with Crippen LogP contribution in [0.25, 0.3) is 0 Å². The molecule has 0 unspecified atom stereocenters. The summed E-state index contributed by atoms with van der Waals surface area (Å²) in [5, 5.41) is 3.92. The van der Waals surface area contributed by atoms with Crippen molar-refractivity contribution in [2.24, 2.45) is 16.5 Å². The molecule has 0 saturated heterocycles. The highest BCUT2D eigenvalue weighted by Crippen LogP contribution is 2.33. The van der Waals surface area contributed by atoms with E-state index < -0.39 is 7.92 Å². The SMILES string of the molecule is NC(N)=Nc1ccc(P(c2ccccc2)c2ccccc2)cc1. The Morgan fingerprint density at radius 1 is 0.609 bits per heavy atom. The molecule has 3 aromatic carbocycles. The minimum Gasteiger partial charge on any atom is -0.370 e. The molecular weight excluding hydrogens is 301 g/mol. The Morgan fingerprint density at radius 3 is 1.48 bits per heavy atom. The van der Waals surface area contributed by atoms with Crippen molar-refractivity contribution < 1.29 is 0 Å². The second kappa shape index (κ2) is 7.08. The molecule has 0 atom stereocenters. The first-order valence-electron chi connectivity index (χ1n) is 7.34. The summed E-state index contributed by atoms with van der Waals surface area (Å²) >= 11 is 0. The summed E-state index contributed by atoms with van der Waals surface area (Å²) in [5.41, 5.74) is 11.6. The molecule has 0 bridgehead atoms. The van der Waals surface area contributed by atoms with E-state index in [0.29, 0.717) is 0 Å². The topological polar surface area (TPSA) is 64.4 Å². The summed E-state index contributed by atoms with van der Waals surface area (Å²) < 4.78 is 0. The van der Waals surface area contributed by atoms with Crippen molar-refractivity contribution in [1.29, 1.82) is 0 Å². The number of hydrogen-bond acceptors (Lipinski definition) is 1. The molecular formula is C19H18N3P. The van der Waals surface area contributed by atoms with E-state index in [4.69, 9.17) is 11.5 Å². The van der Waals surface area contributed by atoms with Crippen molar-refractivity contribution in [3.05, 3.63) is 84.9 Å². The highest BCUT2D eigenvalue weighted by molar-refractivity contribution is 7.79. The Hall–Kier alpha value is -2.64. The Morgan fingerprint density at radius 2 is 1.04 bits per heavy atom. The summed E-state index contributed by atoms with van der Waals surface area (Å²) in [6.07, 6.45) is 0. The number of aliphatic imine (C=N–C) groups is 1. The van der Waals surface area contributed by atoms with Gasteiger partial charge in [-0.05, 0) is 36.0 Å². The lowest BCUT2D eigenvalue weighted by molar-refractivity contribution is 1.43. The lowest BCUT2D eigenvalue weighted by Gasteiger charge is -2.19. The fourth-order valence-electron chi connectivity index (χ4n) is 2.43. The summed E-state index contributed by atoms with van der Waals surface area (Å²) in [6, 6.07) is 29.3. The monoisotopic (exact) mass is 319 g/mol. The van der Waals surface area contributed by atoms with Crippen molar-refractivity contribution in [3.8, 4) is 0 Å². The molecule has 3 nitrogen and oxygen atoms in total. The molecule has 0 fully saturated rings. The average molecular weight is 319 g/mol. The quantitative estimate of drug-likeness (QED) is 0.440. The van der Waals surface area contributed by atoms with Crippen molar-refractivity contribution in [1.82, 2.24) is 0 Å². The van der Waals surface area contributed by atoms with Crippen LogP contribution in [0.5, 0.6) is 0 Å². The third-order valence-electron chi connectivity index (χ3n) is 3.39. The normalized spacial score (nSPS) is 10.5. The fourth-order valence-corrected chi connectivity index (χ4v) is 4.71. The van der Waals surface area contributed by atoms with Gasteiger partial charge in [0.2, 0.25) is 0 Å². The maximum atomic E-state index is 5.44. The zero-order valence-corrected chi connectivity index (χ0v) is 13.5. The van der Waals surface area contributed by atoms with E-state index in [1.54, 1.807) is 0 Å². The van der Waals surface area contributed by atoms with Gasteiger partial charge in [-0.3, -0.25) is 0 Å². The molecule has 0 aliphatic carbocycles. The maximum absolute atomic E-state index is 5.44. The molecule has 0 aromatic heterocycles. The van der Waals surface area contributed by atoms with Gasteiger partial charge in [0.15, 0.2) is 5.96 Å². The van der Waals surface area contributed by atoms with Crippen LogP contribution in [0.1, 0.15) is 0 Å². The van der Waals surface area contributed by atoms with Gasteiger partial charge in [0.25, 0.3) is 0 Å². The summed E-state index contributed by atoms with van der Waals surface area (Å²) in [7, 11) is -0.590. The highest BCUT2D eigenvalue weighted by Gasteiger charge is 2.15. The van der Waals surface area contributed by atoms with Gasteiger partial charge >= 0.3 is 0 Å². The molecule has 0 aliphatic rings. The largest absolute Gasteiger partial charge is 0.370 e. The summed E-state index contributed by atoms with van der Waals surface area (Å²) in [5.74, 6) is 0.0751. The zero-order valence-electron chi connectivity index (χ0n) is 12.6. The lowest BCUT2D eigenvalue weighted by Crippen LogP contribution is -2.22. The van der Waals surface area contributed by atoms with Crippen LogP contribution >= 0.6 is 7.92 Å². The Labute approximate surface area is 137 Å². The van der Waals surface area contributed by atoms with Crippen LogP contribution in [0, 0.1) is 0 Å². The Kier molecular flexibility index (Phi) is 4.70. The van der Waals surface area contributed by atoms with Crippen molar-refractivity contribution in [3.63, 3.8) is 0 Å². The first-order valence-corrected chi connectivity index (χ1v) is 8.68. The van der Waals surface area contributed by atoms with E-state index in [2.05, 4.69) is 65.7 Å². The smallest absolute Gasteiger partial charge is 0.191 e. The van der Waals surface area contributed by atoms with Gasteiger partial charge in [0, 0.05) is 0 Å². The van der Waals surface area contributed by atoms with Crippen LogP contribution in [-0.4, -0.2) is 5.96 Å². The molecule has 3 aromatic rings. The highest BCUT2D eigenvalue weighted by atomic mass is 31.1. The minimum absolute atomic E-state index is 0.0751. The number of nitrogens with zero attached hydrogens (tertiary/aromatic N) is 1. The van der Waals surface area contributed by atoms with Gasteiger partial charge in [-0.25, -0.2) is 4.99 Å². The lowest BCUT2D eigenvalue weighted by atomic mass is 10.3. The average Bonchev–Trinajstić information content (AvgIpc) is 2.58. The van der Waals surface area contributed by atoms with E-state index in [9.17, 15) is 0 Å². The predicted octanol–water partition coefficient (Wildman–Crippen LogP) is 2.35. The molecule has 0 spiro atoms. The van der Waals surface area contributed by atoms with E-state index in [0.717, 1.165) is 5.69 Å². The van der Waals surface area contributed by atoms with Crippen LogP contribution in [0.3, 0.4) is 0 Å². The molecule has 23 heavy (non-hydrogen) atoms. The van der Waals surface area contributed by atoms with Crippen LogP contribution in [0.2, 0.25) is 0 Å². The summed E-state index contributed by atoms with van der Waals surface area (Å²) in [6.45, 7) is 0. The van der Waals surface area contributed by atoms with Crippen LogP contribution in [0.15, 0.2) is 89.9 Å². The van der Waals surface area contributed by atoms with Crippen molar-refractivity contribution >= 4 is 35.5 Å². The van der Waals surface area contributed by atoms with E-state index >= 15 is 0 Å². The van der Waals surface area contributed by atoms with Gasteiger partial charge in [0.1, 0.15) is 0 Å². The van der Waals surface area contributed by atoms with E-state index in [-0.39, 0.29) is 5.96 Å². The molecule has 114 valence electrons. The van der Waals surface area contributed by atoms with Crippen molar-refractivity contribution in [2.45, 2.75) is 0 Å². The molecule has 0 amide bonds. The number of guanidine groups is 1. The molecule has 4 N–H and O–H groups in total. The van der Waals surface area contributed by atoms with E-state index in [1.807, 2.05) is 24.3 Å². The van der Waals surface area contributed by atoms with Gasteiger partial charge in [-0.15, -0.1) is 0 Å². The zero-order chi connectivity index (χ0) is 16.1. The van der Waals surface area contributed by atoms with Gasteiger partial charge in [-0.1, -0.05) is 72.8 Å². The Bertz CT molecular complexity index is 740. The second-order valence-electron chi connectivity index (χ2n) is 5.06. The van der Waals surface area contributed by atoms with Crippen LogP contribution in [0.4, 0.5) is 5.69 Å². The second-order valence-corrected chi connectivity index (χ2v) is 7.28. The standard InChI is InChI=1S/C19H18N3P/c20-19(21)22-15-11-13-18(14-12-15)23(16-7-3-1-4-8-16)17-9-5-2-6-10-17/h1-14H,(H4,20,21,22). The molecule has 0 aliphatic heterocycles. The van der Waals surface area contributed by atoms with Crippen LogP contribution < -0.4 is 27.4 Å². The van der Waals surface area contributed by atoms with Gasteiger partial charge < -0.3 is 11.5 Å². The third-order valence-corrected chi connectivity index (χ3v) is 5.84. The molecule has 0 radical (unpaired) electrons. The summed E-state index contributed by atoms with van der Waals surface area (Å²) in [4.78, 5) is 4.08. The number of hydrogen-bond donors (Lipinski definition) is 2. The van der Waals surface area contributed by atoms with Gasteiger partial charge in [-0.2, -0.15) is 0 Å². The van der Waals surface area contributed by atoms with E-state index in [1.165, 1.54) is 15.9 Å². The third kappa shape index (κ3) is 3.77. The van der Waals surface area contributed by atoms with Crippen molar-refractivity contribution in [2.75, 3.05) is 0 Å². The molecule has 4 heteroatoms. The number of rotatable bonds is 4. The predicted molar refractivity (Wildman–Crippen MR) is 101 cm³/mol. The van der Waals surface area contributed by atoms with Crippen LogP contribution in [-0.2, 0) is 0 Å². The first-order chi connectivity index (χ1) is 11.2. The fraction of sp³-hybridized carbons (Fsp3) is 0.